The Morgan fingerprint density at radius 2 is 2.11 bits per heavy atom. The predicted molar refractivity (Wildman–Crippen MR) is 81.0 cm³/mol. The summed E-state index contributed by atoms with van der Waals surface area (Å²) in [5, 5.41) is 3.07. The summed E-state index contributed by atoms with van der Waals surface area (Å²) in [4.78, 5) is 1.08. The molecule has 2 aromatic rings. The predicted octanol–water partition coefficient (Wildman–Crippen LogP) is 3.94. The van der Waals surface area contributed by atoms with Crippen LogP contribution in [0.4, 0.5) is 0 Å². The van der Waals surface area contributed by atoms with Crippen molar-refractivity contribution in [1.29, 1.82) is 0 Å². The van der Waals surface area contributed by atoms with Gasteiger partial charge in [-0.2, -0.15) is 0 Å². The zero-order valence-corrected chi connectivity index (χ0v) is 12.3. The molecule has 5 heteroatoms. The Morgan fingerprint density at radius 1 is 1.26 bits per heavy atom. The van der Waals surface area contributed by atoms with Gasteiger partial charge in [-0.25, -0.2) is 0 Å². The molecule has 1 aromatic heterocycles. The number of nitrogens with two attached hydrogens (primary N) is 1. The molecule has 0 bridgehead atoms. The van der Waals surface area contributed by atoms with Gasteiger partial charge in [-0.3, -0.25) is 0 Å². The first kappa shape index (κ1) is 14.2. The number of ether oxygens (including phenoxy) is 1. The molecule has 2 rings (SSSR count). The van der Waals surface area contributed by atoms with Crippen molar-refractivity contribution in [1.82, 2.24) is 0 Å². The molecular formula is C14H11Cl2NOS. The lowest BCUT2D eigenvalue weighted by Crippen LogP contribution is -1.93. The Hall–Kier alpha value is -1.18. The Kier molecular flexibility index (Phi) is 5.12. The van der Waals surface area contributed by atoms with E-state index in [1.165, 1.54) is 0 Å². The average Bonchev–Trinajstić information content (AvgIpc) is 2.83. The fourth-order valence-electron chi connectivity index (χ4n) is 1.42. The van der Waals surface area contributed by atoms with Crippen molar-refractivity contribution < 1.29 is 4.74 Å². The van der Waals surface area contributed by atoms with Gasteiger partial charge in [0.1, 0.15) is 12.4 Å². The van der Waals surface area contributed by atoms with Crippen molar-refractivity contribution in [2.45, 2.75) is 6.61 Å². The van der Waals surface area contributed by atoms with E-state index in [9.17, 15) is 0 Å². The second kappa shape index (κ2) is 6.83. The second-order valence-electron chi connectivity index (χ2n) is 3.67. The summed E-state index contributed by atoms with van der Waals surface area (Å²) in [6, 6.07) is 7.14. The van der Waals surface area contributed by atoms with Crippen LogP contribution < -0.4 is 10.5 Å². The Balaban J connectivity index is 2.00. The van der Waals surface area contributed by atoms with Crippen LogP contribution >= 0.6 is 34.5 Å². The number of halogens is 2. The van der Waals surface area contributed by atoms with Crippen molar-refractivity contribution in [2.24, 2.45) is 5.73 Å². The summed E-state index contributed by atoms with van der Waals surface area (Å²) in [6.45, 7) is 0.818. The molecule has 1 aromatic carbocycles. The smallest absolute Gasteiger partial charge is 0.138 e. The van der Waals surface area contributed by atoms with Gasteiger partial charge in [-0.1, -0.05) is 35.0 Å². The quantitative estimate of drug-likeness (QED) is 0.871. The molecule has 0 aliphatic carbocycles. The zero-order chi connectivity index (χ0) is 13.7. The number of benzene rings is 1. The topological polar surface area (TPSA) is 35.2 Å². The van der Waals surface area contributed by atoms with E-state index in [1.54, 1.807) is 29.5 Å². The lowest BCUT2D eigenvalue weighted by Gasteiger charge is -2.06. The summed E-state index contributed by atoms with van der Waals surface area (Å²) in [5.74, 6) is 6.41. The van der Waals surface area contributed by atoms with Crippen LogP contribution in [-0.4, -0.2) is 6.54 Å². The number of rotatable bonds is 3. The van der Waals surface area contributed by atoms with E-state index < -0.39 is 0 Å². The molecule has 0 aliphatic rings. The number of hydrogen-bond donors (Lipinski definition) is 1. The summed E-state index contributed by atoms with van der Waals surface area (Å²) < 4.78 is 5.64. The lowest BCUT2D eigenvalue weighted by molar-refractivity contribution is 0.310. The average molecular weight is 312 g/mol. The summed E-state index contributed by atoms with van der Waals surface area (Å²) in [7, 11) is 0. The molecule has 2 nitrogen and oxygen atoms in total. The summed E-state index contributed by atoms with van der Waals surface area (Å²) >= 11 is 13.4. The van der Waals surface area contributed by atoms with Crippen LogP contribution in [-0.2, 0) is 6.61 Å². The first-order valence-electron chi connectivity index (χ1n) is 5.53. The van der Waals surface area contributed by atoms with Crippen LogP contribution in [0.15, 0.2) is 29.6 Å². The van der Waals surface area contributed by atoms with E-state index in [-0.39, 0.29) is 0 Å². The van der Waals surface area contributed by atoms with Crippen LogP contribution in [0.3, 0.4) is 0 Å². The molecule has 0 radical (unpaired) electrons. The van der Waals surface area contributed by atoms with Gasteiger partial charge in [-0.05, 0) is 24.3 Å². The molecule has 0 aliphatic heterocycles. The maximum absolute atomic E-state index is 6.03. The number of thiophene rings is 1. The molecule has 98 valence electrons. The third kappa shape index (κ3) is 4.15. The third-order valence-corrected chi connectivity index (χ3v) is 3.69. The van der Waals surface area contributed by atoms with E-state index in [4.69, 9.17) is 33.7 Å². The molecule has 0 spiro atoms. The molecule has 0 amide bonds. The normalized spacial score (nSPS) is 9.84. The molecular weight excluding hydrogens is 301 g/mol. The molecule has 0 fully saturated rings. The first-order valence-corrected chi connectivity index (χ1v) is 7.17. The van der Waals surface area contributed by atoms with Gasteiger partial charge in [-0.15, -0.1) is 11.3 Å². The largest absolute Gasteiger partial charge is 0.487 e. The molecule has 0 saturated carbocycles. The third-order valence-electron chi connectivity index (χ3n) is 2.25. The van der Waals surface area contributed by atoms with Crippen molar-refractivity contribution in [3.63, 3.8) is 0 Å². The monoisotopic (exact) mass is 311 g/mol. The van der Waals surface area contributed by atoms with Crippen molar-refractivity contribution in [2.75, 3.05) is 6.54 Å². The standard InChI is InChI=1S/C14H11Cl2NOS/c15-11-3-4-14(13(16)7-11)18-8-12-6-10(9-19-12)2-1-5-17/h3-4,6-7,9H,5,8,17H2. The Labute approximate surface area is 126 Å². The van der Waals surface area contributed by atoms with Crippen LogP contribution in [0, 0.1) is 11.8 Å². The van der Waals surface area contributed by atoms with Crippen molar-refractivity contribution in [3.05, 3.63) is 50.1 Å². The van der Waals surface area contributed by atoms with E-state index in [0.717, 1.165) is 10.4 Å². The van der Waals surface area contributed by atoms with Gasteiger partial charge < -0.3 is 10.5 Å². The lowest BCUT2D eigenvalue weighted by atomic mass is 10.3. The van der Waals surface area contributed by atoms with Crippen LogP contribution in [0.25, 0.3) is 0 Å². The van der Waals surface area contributed by atoms with Crippen molar-refractivity contribution in [3.8, 4) is 17.6 Å². The summed E-state index contributed by atoms with van der Waals surface area (Å²) in [5.41, 5.74) is 6.28. The molecule has 1 heterocycles. The highest BCUT2D eigenvalue weighted by Crippen LogP contribution is 2.28. The van der Waals surface area contributed by atoms with Gasteiger partial charge >= 0.3 is 0 Å². The summed E-state index contributed by atoms with van der Waals surface area (Å²) in [6.07, 6.45) is 0. The fourth-order valence-corrected chi connectivity index (χ4v) is 2.61. The van der Waals surface area contributed by atoms with Crippen LogP contribution in [0.2, 0.25) is 10.0 Å². The minimum atomic E-state index is 0.363. The number of hydrogen-bond acceptors (Lipinski definition) is 3. The molecule has 2 N–H and O–H groups in total. The Bertz CT molecular complexity index is 628. The van der Waals surface area contributed by atoms with Crippen molar-refractivity contribution >= 4 is 34.5 Å². The highest BCUT2D eigenvalue weighted by Gasteiger charge is 2.04. The minimum absolute atomic E-state index is 0.363. The fraction of sp³-hybridized carbons (Fsp3) is 0.143. The molecule has 0 saturated heterocycles. The van der Waals surface area contributed by atoms with Crippen LogP contribution in [0.5, 0.6) is 5.75 Å². The first-order chi connectivity index (χ1) is 9.19. The minimum Gasteiger partial charge on any atom is -0.487 e. The van der Waals surface area contributed by atoms with Gasteiger partial charge in [0, 0.05) is 20.8 Å². The SMILES string of the molecule is NCC#Cc1csc(COc2ccc(Cl)cc2Cl)c1. The highest BCUT2D eigenvalue weighted by molar-refractivity contribution is 7.10. The van der Waals surface area contributed by atoms with Crippen LogP contribution in [0.1, 0.15) is 10.4 Å². The Morgan fingerprint density at radius 3 is 2.84 bits per heavy atom. The maximum atomic E-state index is 6.03. The second-order valence-corrected chi connectivity index (χ2v) is 5.51. The molecule has 19 heavy (non-hydrogen) atoms. The maximum Gasteiger partial charge on any atom is 0.138 e. The molecule has 0 atom stereocenters. The van der Waals surface area contributed by atoms with E-state index in [1.807, 2.05) is 11.4 Å². The van der Waals surface area contributed by atoms with E-state index in [0.29, 0.717) is 28.9 Å². The van der Waals surface area contributed by atoms with Gasteiger partial charge in [0.15, 0.2) is 0 Å². The van der Waals surface area contributed by atoms with E-state index in [2.05, 4.69) is 11.8 Å². The highest BCUT2D eigenvalue weighted by atomic mass is 35.5. The van der Waals surface area contributed by atoms with Gasteiger partial charge in [0.2, 0.25) is 0 Å². The van der Waals surface area contributed by atoms with Gasteiger partial charge in [0.25, 0.3) is 0 Å². The molecule has 0 unspecified atom stereocenters. The van der Waals surface area contributed by atoms with Gasteiger partial charge in [0.05, 0.1) is 11.6 Å². The van der Waals surface area contributed by atoms with E-state index >= 15 is 0 Å². The zero-order valence-electron chi connectivity index (χ0n) is 9.95.